The van der Waals surface area contributed by atoms with E-state index < -0.39 is 0 Å². The molecule has 1 nitrogen and oxygen atoms in total. The summed E-state index contributed by atoms with van der Waals surface area (Å²) in [4.78, 5) is 2.37. The van der Waals surface area contributed by atoms with E-state index in [1.54, 1.807) is 0 Å². The Bertz CT molecular complexity index is 2170. The van der Waals surface area contributed by atoms with Crippen molar-refractivity contribution in [3.8, 4) is 11.1 Å². The summed E-state index contributed by atoms with van der Waals surface area (Å²) >= 11 is 0. The summed E-state index contributed by atoms with van der Waals surface area (Å²) in [7, 11) is 0. The van der Waals surface area contributed by atoms with Gasteiger partial charge in [-0.25, -0.2) is 0 Å². The number of nitrogens with zero attached hydrogens (tertiary/aromatic N) is 1. The molecule has 0 saturated carbocycles. The number of benzene rings is 7. The highest BCUT2D eigenvalue weighted by molar-refractivity contribution is 6.19. The highest BCUT2D eigenvalue weighted by Gasteiger charge is 2.39. The summed E-state index contributed by atoms with van der Waals surface area (Å²) in [5.41, 5.74) is 10.4. The molecule has 8 rings (SSSR count). The quantitative estimate of drug-likeness (QED) is 0.196. The van der Waals surface area contributed by atoms with Crippen LogP contribution in [0.3, 0.4) is 0 Å². The minimum atomic E-state index is -0.138. The molecule has 0 radical (unpaired) electrons. The standard InChI is InChI=1S/C42H35N/c1-27(2)28-18-21-31(22-19-28)43(30-12-6-5-7-13-30)32-23-25-33-29(26-32)20-24-38-39-36-16-10-8-14-34(36)35-15-9-11-17-37(35)41(39)42(3,4)40(33)38/h5-27H,1-4H3. The number of anilines is 3. The average molecular weight is 554 g/mol. The third-order valence-electron chi connectivity index (χ3n) is 9.55. The van der Waals surface area contributed by atoms with E-state index >= 15 is 0 Å². The van der Waals surface area contributed by atoms with Crippen molar-refractivity contribution in [2.45, 2.75) is 39.0 Å². The van der Waals surface area contributed by atoms with Crippen molar-refractivity contribution >= 4 is 49.4 Å². The first kappa shape index (κ1) is 25.8. The molecule has 0 unspecified atom stereocenters. The van der Waals surface area contributed by atoms with E-state index in [-0.39, 0.29) is 5.41 Å². The van der Waals surface area contributed by atoms with Crippen LogP contribution in [0.5, 0.6) is 0 Å². The van der Waals surface area contributed by atoms with E-state index in [1.165, 1.54) is 71.5 Å². The van der Waals surface area contributed by atoms with E-state index in [2.05, 4.69) is 166 Å². The summed E-state index contributed by atoms with van der Waals surface area (Å²) in [6, 6.07) is 49.4. The Hall–Kier alpha value is -4.88. The molecule has 0 atom stereocenters. The van der Waals surface area contributed by atoms with Gasteiger partial charge < -0.3 is 4.90 Å². The van der Waals surface area contributed by atoms with Crippen molar-refractivity contribution in [2.24, 2.45) is 0 Å². The average Bonchev–Trinajstić information content (AvgIpc) is 3.29. The Kier molecular flexibility index (Phi) is 5.74. The van der Waals surface area contributed by atoms with Gasteiger partial charge in [-0.3, -0.25) is 0 Å². The first-order valence-corrected chi connectivity index (χ1v) is 15.4. The van der Waals surface area contributed by atoms with Crippen LogP contribution in [0.15, 0.2) is 133 Å². The molecule has 0 spiro atoms. The lowest BCUT2D eigenvalue weighted by Crippen LogP contribution is -2.16. The van der Waals surface area contributed by atoms with Crippen LogP contribution in [-0.4, -0.2) is 0 Å². The predicted octanol–water partition coefficient (Wildman–Crippen LogP) is 12.0. The number of hydrogen-bond donors (Lipinski definition) is 0. The van der Waals surface area contributed by atoms with Gasteiger partial charge in [-0.05, 0) is 102 Å². The minimum absolute atomic E-state index is 0.138. The normalized spacial score (nSPS) is 13.5. The van der Waals surface area contributed by atoms with Crippen molar-refractivity contribution in [1.82, 2.24) is 0 Å². The van der Waals surface area contributed by atoms with Crippen LogP contribution >= 0.6 is 0 Å². The molecule has 0 aliphatic heterocycles. The number of hydrogen-bond acceptors (Lipinski definition) is 1. The molecular weight excluding hydrogens is 518 g/mol. The Morgan fingerprint density at radius 3 is 1.77 bits per heavy atom. The maximum Gasteiger partial charge on any atom is 0.0468 e. The zero-order chi connectivity index (χ0) is 29.3. The number of fused-ring (bicyclic) bond motifs is 10. The lowest BCUT2D eigenvalue weighted by molar-refractivity contribution is 0.672. The second-order valence-electron chi connectivity index (χ2n) is 12.8. The molecule has 7 aromatic rings. The van der Waals surface area contributed by atoms with Crippen LogP contribution in [-0.2, 0) is 5.41 Å². The Balaban J connectivity index is 1.35. The zero-order valence-electron chi connectivity index (χ0n) is 25.2. The second-order valence-corrected chi connectivity index (χ2v) is 12.8. The maximum absolute atomic E-state index is 2.42. The molecule has 0 bridgehead atoms. The molecule has 208 valence electrons. The largest absolute Gasteiger partial charge is 0.310 e. The molecule has 0 fully saturated rings. The monoisotopic (exact) mass is 553 g/mol. The molecule has 0 amide bonds. The third kappa shape index (κ3) is 3.85. The van der Waals surface area contributed by atoms with Gasteiger partial charge in [0.15, 0.2) is 0 Å². The van der Waals surface area contributed by atoms with E-state index in [0.717, 1.165) is 5.69 Å². The fraction of sp³-hybridized carbons (Fsp3) is 0.143. The van der Waals surface area contributed by atoms with Crippen LogP contribution in [0.25, 0.3) is 43.4 Å². The number of para-hydroxylation sites is 1. The Morgan fingerprint density at radius 2 is 1.07 bits per heavy atom. The minimum Gasteiger partial charge on any atom is -0.310 e. The smallest absolute Gasteiger partial charge is 0.0468 e. The van der Waals surface area contributed by atoms with Crippen LogP contribution in [0.1, 0.15) is 50.3 Å². The van der Waals surface area contributed by atoms with E-state index in [9.17, 15) is 0 Å². The van der Waals surface area contributed by atoms with Gasteiger partial charge in [0, 0.05) is 22.5 Å². The van der Waals surface area contributed by atoms with E-state index in [4.69, 9.17) is 0 Å². The lowest BCUT2D eigenvalue weighted by Gasteiger charge is -2.27. The molecule has 1 aliphatic carbocycles. The molecule has 1 aliphatic rings. The van der Waals surface area contributed by atoms with Gasteiger partial charge in [0.05, 0.1) is 0 Å². The molecule has 0 aromatic heterocycles. The van der Waals surface area contributed by atoms with Crippen molar-refractivity contribution in [2.75, 3.05) is 4.90 Å². The fourth-order valence-corrected chi connectivity index (χ4v) is 7.57. The molecule has 0 N–H and O–H groups in total. The third-order valence-corrected chi connectivity index (χ3v) is 9.55. The van der Waals surface area contributed by atoms with Gasteiger partial charge in [0.25, 0.3) is 0 Å². The lowest BCUT2D eigenvalue weighted by atomic mass is 9.78. The van der Waals surface area contributed by atoms with Crippen LogP contribution in [0.4, 0.5) is 17.1 Å². The first-order valence-electron chi connectivity index (χ1n) is 15.4. The van der Waals surface area contributed by atoms with Crippen molar-refractivity contribution in [3.05, 3.63) is 150 Å². The van der Waals surface area contributed by atoms with Gasteiger partial charge >= 0.3 is 0 Å². The van der Waals surface area contributed by atoms with Crippen LogP contribution < -0.4 is 4.90 Å². The molecule has 1 heteroatoms. The highest BCUT2D eigenvalue weighted by Crippen LogP contribution is 2.56. The van der Waals surface area contributed by atoms with Gasteiger partial charge in [-0.15, -0.1) is 0 Å². The Labute approximate surface area is 254 Å². The van der Waals surface area contributed by atoms with Gasteiger partial charge in [0.1, 0.15) is 0 Å². The predicted molar refractivity (Wildman–Crippen MR) is 185 cm³/mol. The van der Waals surface area contributed by atoms with Crippen molar-refractivity contribution < 1.29 is 0 Å². The second kappa shape index (κ2) is 9.57. The fourth-order valence-electron chi connectivity index (χ4n) is 7.57. The molecular formula is C42H35N. The Morgan fingerprint density at radius 1 is 0.488 bits per heavy atom. The van der Waals surface area contributed by atoms with Crippen LogP contribution in [0.2, 0.25) is 0 Å². The molecule has 0 saturated heterocycles. The number of rotatable bonds is 4. The molecule has 7 aromatic carbocycles. The van der Waals surface area contributed by atoms with Gasteiger partial charge in [0.2, 0.25) is 0 Å². The summed E-state index contributed by atoms with van der Waals surface area (Å²) in [6.45, 7) is 9.33. The summed E-state index contributed by atoms with van der Waals surface area (Å²) in [6.07, 6.45) is 0. The molecule has 0 heterocycles. The van der Waals surface area contributed by atoms with Gasteiger partial charge in [-0.1, -0.05) is 125 Å². The summed E-state index contributed by atoms with van der Waals surface area (Å²) in [5, 5.41) is 7.98. The summed E-state index contributed by atoms with van der Waals surface area (Å²) in [5.74, 6) is 0.503. The SMILES string of the molecule is CC(C)c1ccc(N(c2ccccc2)c2ccc3c4c(ccc3c2)-c2c(c3ccccc3c3ccccc23)C4(C)C)cc1. The topological polar surface area (TPSA) is 3.24 Å². The first-order chi connectivity index (χ1) is 20.9. The van der Waals surface area contributed by atoms with Crippen molar-refractivity contribution in [1.29, 1.82) is 0 Å². The highest BCUT2D eigenvalue weighted by atomic mass is 15.1. The van der Waals surface area contributed by atoms with Crippen molar-refractivity contribution in [3.63, 3.8) is 0 Å². The van der Waals surface area contributed by atoms with Gasteiger partial charge in [-0.2, -0.15) is 0 Å². The van der Waals surface area contributed by atoms with E-state index in [0.29, 0.717) is 5.92 Å². The maximum atomic E-state index is 2.42. The van der Waals surface area contributed by atoms with Crippen LogP contribution in [0, 0.1) is 0 Å². The summed E-state index contributed by atoms with van der Waals surface area (Å²) < 4.78 is 0. The van der Waals surface area contributed by atoms with E-state index in [1.807, 2.05) is 0 Å². The zero-order valence-corrected chi connectivity index (χ0v) is 25.2. The molecule has 43 heavy (non-hydrogen) atoms.